The van der Waals surface area contributed by atoms with Gasteiger partial charge in [0.1, 0.15) is 5.75 Å². The van der Waals surface area contributed by atoms with Gasteiger partial charge in [-0.05, 0) is 61.8 Å². The van der Waals surface area contributed by atoms with Crippen LogP contribution in [-0.4, -0.2) is 43.0 Å². The van der Waals surface area contributed by atoms with Gasteiger partial charge < -0.3 is 15.0 Å². The van der Waals surface area contributed by atoms with Crippen molar-refractivity contribution in [1.82, 2.24) is 10.2 Å². The molecule has 1 N–H and O–H groups in total. The summed E-state index contributed by atoms with van der Waals surface area (Å²) in [4.78, 5) is 25.8. The maximum Gasteiger partial charge on any atom is 0.260 e. The third-order valence-electron chi connectivity index (χ3n) is 5.61. The molecule has 0 spiro atoms. The summed E-state index contributed by atoms with van der Waals surface area (Å²) in [6, 6.07) is 6.08. The molecule has 1 aromatic carbocycles. The number of likely N-dealkylation sites (N-methyl/N-ethyl adjacent to an activating group) is 1. The summed E-state index contributed by atoms with van der Waals surface area (Å²) in [5, 5.41) is 2.93. The van der Waals surface area contributed by atoms with Gasteiger partial charge in [0.15, 0.2) is 6.61 Å². The monoisotopic (exact) mass is 330 g/mol. The van der Waals surface area contributed by atoms with Crippen molar-refractivity contribution >= 4 is 11.8 Å². The van der Waals surface area contributed by atoms with Crippen LogP contribution in [0.25, 0.3) is 0 Å². The number of amides is 2. The summed E-state index contributed by atoms with van der Waals surface area (Å²) < 4.78 is 5.66. The number of ether oxygens (including phenoxy) is 1. The van der Waals surface area contributed by atoms with E-state index in [4.69, 9.17) is 4.74 Å². The number of nitrogens with zero attached hydrogens (tertiary/aromatic N) is 1. The molecule has 5 heteroatoms. The van der Waals surface area contributed by atoms with Crippen LogP contribution in [0.3, 0.4) is 0 Å². The Hall–Kier alpha value is -2.04. The van der Waals surface area contributed by atoms with Crippen LogP contribution < -0.4 is 10.1 Å². The molecule has 130 valence electrons. The normalized spacial score (nSPS) is 25.8. The number of carbonyl (C=O) groups is 2. The van der Waals surface area contributed by atoms with Crippen LogP contribution in [0.4, 0.5) is 0 Å². The first-order valence-electron chi connectivity index (χ1n) is 8.66. The lowest BCUT2D eigenvalue weighted by Crippen LogP contribution is -2.39. The van der Waals surface area contributed by atoms with E-state index < -0.39 is 0 Å². The summed E-state index contributed by atoms with van der Waals surface area (Å²) in [6.45, 7) is 4.89. The van der Waals surface area contributed by atoms with Gasteiger partial charge in [-0.3, -0.25) is 9.59 Å². The summed E-state index contributed by atoms with van der Waals surface area (Å²) in [7, 11) is 1.85. The minimum Gasteiger partial charge on any atom is -0.484 e. The number of hydrogen-bond donors (Lipinski definition) is 1. The van der Waals surface area contributed by atoms with Crippen LogP contribution in [0.15, 0.2) is 18.2 Å². The average Bonchev–Trinajstić information content (AvgIpc) is 2.98. The summed E-state index contributed by atoms with van der Waals surface area (Å²) >= 11 is 0. The number of benzene rings is 1. The SMILES string of the molecule is Cc1ccc(OCC(=O)N(C)[C@H]2C[C@H]3CNC(=O)C[C@H]3C2)cc1C. The number of fused-ring (bicyclic) bond motifs is 1. The molecule has 2 aliphatic rings. The number of piperidine rings is 1. The molecule has 1 saturated heterocycles. The van der Waals surface area contributed by atoms with Crippen LogP contribution in [0.2, 0.25) is 0 Å². The van der Waals surface area contributed by atoms with E-state index in [1.807, 2.05) is 37.1 Å². The number of carbonyl (C=O) groups excluding carboxylic acids is 2. The molecule has 1 saturated carbocycles. The van der Waals surface area contributed by atoms with Gasteiger partial charge >= 0.3 is 0 Å². The molecular weight excluding hydrogens is 304 g/mol. The van der Waals surface area contributed by atoms with E-state index in [1.54, 1.807) is 0 Å². The highest BCUT2D eigenvalue weighted by molar-refractivity contribution is 5.78. The predicted molar refractivity (Wildman–Crippen MR) is 91.8 cm³/mol. The molecule has 0 unspecified atom stereocenters. The Labute approximate surface area is 143 Å². The molecule has 2 fully saturated rings. The zero-order valence-electron chi connectivity index (χ0n) is 14.7. The fourth-order valence-corrected chi connectivity index (χ4v) is 3.81. The van der Waals surface area contributed by atoms with Crippen LogP contribution in [0, 0.1) is 25.7 Å². The van der Waals surface area contributed by atoms with Gasteiger partial charge in [-0.15, -0.1) is 0 Å². The lowest BCUT2D eigenvalue weighted by Gasteiger charge is -2.25. The van der Waals surface area contributed by atoms with Crippen LogP contribution in [-0.2, 0) is 9.59 Å². The molecule has 3 atom stereocenters. The molecule has 0 aromatic heterocycles. The fourth-order valence-electron chi connectivity index (χ4n) is 3.81. The van der Waals surface area contributed by atoms with Crippen molar-refractivity contribution in [2.75, 3.05) is 20.2 Å². The zero-order valence-corrected chi connectivity index (χ0v) is 14.7. The summed E-state index contributed by atoms with van der Waals surface area (Å²) in [5.41, 5.74) is 2.37. The van der Waals surface area contributed by atoms with Crippen LogP contribution in [0.5, 0.6) is 5.75 Å². The van der Waals surface area contributed by atoms with Gasteiger partial charge in [0, 0.05) is 26.1 Å². The van der Waals surface area contributed by atoms with Gasteiger partial charge in [-0.25, -0.2) is 0 Å². The Morgan fingerprint density at radius 1 is 1.25 bits per heavy atom. The second-order valence-electron chi connectivity index (χ2n) is 7.19. The van der Waals surface area contributed by atoms with Gasteiger partial charge in [0.25, 0.3) is 5.91 Å². The minimum atomic E-state index is -0.00355. The third-order valence-corrected chi connectivity index (χ3v) is 5.61. The van der Waals surface area contributed by atoms with E-state index in [9.17, 15) is 9.59 Å². The van der Waals surface area contributed by atoms with Gasteiger partial charge in [0.05, 0.1) is 0 Å². The lowest BCUT2D eigenvalue weighted by atomic mass is 9.89. The number of nitrogens with one attached hydrogen (secondary N) is 1. The van der Waals surface area contributed by atoms with Gasteiger partial charge in [-0.2, -0.15) is 0 Å². The molecule has 3 rings (SSSR count). The Balaban J connectivity index is 1.53. The molecule has 1 aromatic rings. The van der Waals surface area contributed by atoms with Crippen molar-refractivity contribution < 1.29 is 14.3 Å². The highest BCUT2D eigenvalue weighted by Gasteiger charge is 2.40. The molecule has 1 aliphatic carbocycles. The average molecular weight is 330 g/mol. The Morgan fingerprint density at radius 3 is 2.75 bits per heavy atom. The quantitative estimate of drug-likeness (QED) is 0.919. The predicted octanol–water partition coefficient (Wildman–Crippen LogP) is 2.06. The minimum absolute atomic E-state index is 0.00355. The van der Waals surface area contributed by atoms with Crippen molar-refractivity contribution in [3.8, 4) is 5.75 Å². The molecule has 2 amide bonds. The van der Waals surface area contributed by atoms with E-state index in [-0.39, 0.29) is 24.5 Å². The van der Waals surface area contributed by atoms with Crippen molar-refractivity contribution in [1.29, 1.82) is 0 Å². The van der Waals surface area contributed by atoms with E-state index >= 15 is 0 Å². The molecule has 5 nitrogen and oxygen atoms in total. The second kappa shape index (κ2) is 6.83. The molecule has 0 radical (unpaired) electrons. The van der Waals surface area contributed by atoms with Gasteiger partial charge in [-0.1, -0.05) is 6.07 Å². The Kier molecular flexibility index (Phi) is 4.78. The van der Waals surface area contributed by atoms with Gasteiger partial charge in [0.2, 0.25) is 5.91 Å². The third kappa shape index (κ3) is 3.55. The van der Waals surface area contributed by atoms with Crippen molar-refractivity contribution in [3.05, 3.63) is 29.3 Å². The first kappa shape index (κ1) is 16.8. The van der Waals surface area contributed by atoms with E-state index in [0.717, 1.165) is 30.7 Å². The largest absolute Gasteiger partial charge is 0.484 e. The number of hydrogen-bond acceptors (Lipinski definition) is 3. The van der Waals surface area contributed by atoms with E-state index in [1.165, 1.54) is 5.56 Å². The second-order valence-corrected chi connectivity index (χ2v) is 7.19. The first-order chi connectivity index (χ1) is 11.4. The number of aryl methyl sites for hydroxylation is 2. The van der Waals surface area contributed by atoms with E-state index in [2.05, 4.69) is 12.2 Å². The molecule has 1 aliphatic heterocycles. The maximum absolute atomic E-state index is 12.4. The highest BCUT2D eigenvalue weighted by atomic mass is 16.5. The molecule has 0 bridgehead atoms. The standard InChI is InChI=1S/C19H26N2O3/c1-12-4-5-17(6-13(12)2)24-11-19(23)21(3)16-7-14-9-18(22)20-10-15(14)8-16/h4-6,14-16H,7-11H2,1-3H3,(H,20,22)/t14-,15+,16-/m1/s1. The molecule has 1 heterocycles. The summed E-state index contributed by atoms with van der Waals surface area (Å²) in [5.74, 6) is 1.79. The zero-order chi connectivity index (χ0) is 17.3. The lowest BCUT2D eigenvalue weighted by molar-refractivity contribution is -0.134. The molecular formula is C19H26N2O3. The fraction of sp³-hybridized carbons (Fsp3) is 0.579. The van der Waals surface area contributed by atoms with Crippen LogP contribution in [0.1, 0.15) is 30.4 Å². The first-order valence-corrected chi connectivity index (χ1v) is 8.66. The summed E-state index contributed by atoms with van der Waals surface area (Å²) in [6.07, 6.45) is 2.49. The Bertz CT molecular complexity index is 643. The smallest absolute Gasteiger partial charge is 0.260 e. The van der Waals surface area contributed by atoms with Crippen LogP contribution >= 0.6 is 0 Å². The number of rotatable bonds is 4. The molecule has 24 heavy (non-hydrogen) atoms. The van der Waals surface area contributed by atoms with Crippen molar-refractivity contribution in [3.63, 3.8) is 0 Å². The Morgan fingerprint density at radius 2 is 2.00 bits per heavy atom. The maximum atomic E-state index is 12.4. The van der Waals surface area contributed by atoms with Crippen molar-refractivity contribution in [2.24, 2.45) is 11.8 Å². The van der Waals surface area contributed by atoms with Crippen molar-refractivity contribution in [2.45, 2.75) is 39.2 Å². The highest BCUT2D eigenvalue weighted by Crippen LogP contribution is 2.38. The topological polar surface area (TPSA) is 58.6 Å². The van der Waals surface area contributed by atoms with E-state index in [0.29, 0.717) is 18.3 Å².